The minimum Gasteiger partial charge on any atom is -0.279 e. The van der Waals surface area contributed by atoms with Crippen LogP contribution >= 0.6 is 17.0 Å². The number of hydrogen-bond acceptors (Lipinski definition) is 2. The van der Waals surface area contributed by atoms with E-state index in [1.165, 1.54) is 0 Å². The summed E-state index contributed by atoms with van der Waals surface area (Å²) in [6.45, 7) is 0. The molecule has 0 atom stereocenters. The van der Waals surface area contributed by atoms with Crippen LogP contribution in [-0.2, 0) is 4.84 Å². The highest BCUT2D eigenvalue weighted by atomic mass is 79.9. The van der Waals surface area contributed by atoms with Crippen molar-refractivity contribution >= 4 is 22.7 Å². The van der Waals surface area contributed by atoms with E-state index >= 15 is 0 Å². The zero-order valence-electron chi connectivity index (χ0n) is 5.70. The van der Waals surface area contributed by atoms with Crippen LogP contribution in [0, 0.1) is 0 Å². The van der Waals surface area contributed by atoms with Gasteiger partial charge in [0.1, 0.15) is 0 Å². The van der Waals surface area contributed by atoms with Gasteiger partial charge in [-0.25, -0.2) is 0 Å². The molecule has 1 aromatic rings. The number of anilines is 1. The van der Waals surface area contributed by atoms with E-state index in [1.807, 2.05) is 30.3 Å². The summed E-state index contributed by atoms with van der Waals surface area (Å²) >= 11 is 0. The van der Waals surface area contributed by atoms with E-state index in [9.17, 15) is 0 Å². The van der Waals surface area contributed by atoms with Gasteiger partial charge in [0.25, 0.3) is 0 Å². The zero-order valence-corrected chi connectivity index (χ0v) is 7.42. The maximum atomic E-state index is 4.68. The fourth-order valence-electron chi connectivity index (χ4n) is 0.624. The normalized spacial score (nSPS) is 8.10. The van der Waals surface area contributed by atoms with Gasteiger partial charge in [-0.2, -0.15) is 0 Å². The van der Waals surface area contributed by atoms with Gasteiger partial charge in [0.05, 0.1) is 12.8 Å². The molecule has 0 spiro atoms. The molecule has 10 heavy (non-hydrogen) atoms. The summed E-state index contributed by atoms with van der Waals surface area (Å²) in [5.41, 5.74) is 3.68. The highest BCUT2D eigenvalue weighted by molar-refractivity contribution is 8.93. The average molecular weight is 204 g/mol. The minimum atomic E-state index is 0. The van der Waals surface area contributed by atoms with E-state index in [4.69, 9.17) is 0 Å². The molecule has 0 amide bonds. The quantitative estimate of drug-likeness (QED) is 0.746. The standard InChI is InChI=1S/C7H9NO.BrH/c1-9-8-7-5-3-2-4-6-7;/h2-6,8H,1H3;1H. The van der Waals surface area contributed by atoms with Gasteiger partial charge in [0.15, 0.2) is 0 Å². The summed E-state index contributed by atoms with van der Waals surface area (Å²) in [5.74, 6) is 0. The third kappa shape index (κ3) is 2.85. The van der Waals surface area contributed by atoms with E-state index in [1.54, 1.807) is 7.11 Å². The first kappa shape index (κ1) is 9.46. The van der Waals surface area contributed by atoms with Crippen LogP contribution in [0.3, 0.4) is 0 Å². The third-order valence-electron chi connectivity index (χ3n) is 0.994. The molecule has 0 saturated heterocycles. The lowest BCUT2D eigenvalue weighted by Crippen LogP contribution is -1.93. The largest absolute Gasteiger partial charge is 0.279 e. The highest BCUT2D eigenvalue weighted by Crippen LogP contribution is 2.03. The Bertz CT molecular complexity index is 167. The summed E-state index contributed by atoms with van der Waals surface area (Å²) in [5, 5.41) is 0. The molecule has 0 fully saturated rings. The number of hydrogen-bond donors (Lipinski definition) is 1. The molecule has 2 nitrogen and oxygen atoms in total. The first-order chi connectivity index (χ1) is 4.43. The minimum absolute atomic E-state index is 0. The fourth-order valence-corrected chi connectivity index (χ4v) is 0.624. The fraction of sp³-hybridized carbons (Fsp3) is 0.143. The van der Waals surface area contributed by atoms with Gasteiger partial charge in [0.2, 0.25) is 0 Å². The van der Waals surface area contributed by atoms with Crippen molar-refractivity contribution in [3.8, 4) is 0 Å². The van der Waals surface area contributed by atoms with E-state index in [2.05, 4.69) is 10.3 Å². The second-order valence-corrected chi connectivity index (χ2v) is 1.67. The molecule has 0 unspecified atom stereocenters. The Morgan fingerprint density at radius 3 is 2.30 bits per heavy atom. The van der Waals surface area contributed by atoms with E-state index in [0.29, 0.717) is 0 Å². The van der Waals surface area contributed by atoms with Crippen molar-refractivity contribution in [1.29, 1.82) is 0 Å². The summed E-state index contributed by atoms with van der Waals surface area (Å²) in [6, 6.07) is 9.72. The zero-order chi connectivity index (χ0) is 6.53. The Kier molecular flexibility index (Phi) is 4.98. The molecule has 0 radical (unpaired) electrons. The topological polar surface area (TPSA) is 21.3 Å². The Morgan fingerprint density at radius 2 is 1.80 bits per heavy atom. The molecule has 0 aliphatic rings. The molecule has 1 N–H and O–H groups in total. The molecule has 0 aliphatic carbocycles. The van der Waals surface area contributed by atoms with Crippen LogP contribution in [0.1, 0.15) is 0 Å². The molecule has 56 valence electrons. The molecule has 0 bridgehead atoms. The van der Waals surface area contributed by atoms with Gasteiger partial charge in [-0.1, -0.05) is 18.2 Å². The third-order valence-corrected chi connectivity index (χ3v) is 0.994. The number of rotatable bonds is 2. The van der Waals surface area contributed by atoms with Gasteiger partial charge in [-0.05, 0) is 12.1 Å². The molecular weight excluding hydrogens is 194 g/mol. The van der Waals surface area contributed by atoms with E-state index in [0.717, 1.165) is 5.69 Å². The summed E-state index contributed by atoms with van der Waals surface area (Å²) in [6.07, 6.45) is 0. The lowest BCUT2D eigenvalue weighted by molar-refractivity contribution is 0.271. The van der Waals surface area contributed by atoms with Gasteiger partial charge >= 0.3 is 0 Å². The number of nitrogens with one attached hydrogen (secondary N) is 1. The Balaban J connectivity index is 0.000000810. The number of para-hydroxylation sites is 1. The molecule has 0 aliphatic heterocycles. The van der Waals surface area contributed by atoms with Gasteiger partial charge in [0, 0.05) is 0 Å². The van der Waals surface area contributed by atoms with Gasteiger partial charge in [-0.15, -0.1) is 17.0 Å². The summed E-state index contributed by atoms with van der Waals surface area (Å²) < 4.78 is 0. The van der Waals surface area contributed by atoms with Crippen LogP contribution in [0.25, 0.3) is 0 Å². The molecule has 1 aromatic carbocycles. The van der Waals surface area contributed by atoms with Crippen molar-refractivity contribution in [2.45, 2.75) is 0 Å². The highest BCUT2D eigenvalue weighted by Gasteiger charge is 1.82. The van der Waals surface area contributed by atoms with Crippen molar-refractivity contribution in [3.63, 3.8) is 0 Å². The Labute approximate surface area is 70.9 Å². The maximum absolute atomic E-state index is 4.68. The lowest BCUT2D eigenvalue weighted by Gasteiger charge is -1.99. The molecule has 1 rings (SSSR count). The second kappa shape index (κ2) is 5.26. The van der Waals surface area contributed by atoms with Crippen LogP contribution < -0.4 is 5.48 Å². The van der Waals surface area contributed by atoms with Crippen LogP contribution in [0.4, 0.5) is 5.69 Å². The van der Waals surface area contributed by atoms with Crippen molar-refractivity contribution < 1.29 is 4.84 Å². The molecule has 0 saturated carbocycles. The van der Waals surface area contributed by atoms with Crippen molar-refractivity contribution in [1.82, 2.24) is 0 Å². The smallest absolute Gasteiger partial charge is 0.0636 e. The average Bonchev–Trinajstić information content (AvgIpc) is 1.91. The monoisotopic (exact) mass is 203 g/mol. The second-order valence-electron chi connectivity index (χ2n) is 1.67. The molecule has 3 heteroatoms. The van der Waals surface area contributed by atoms with Crippen molar-refractivity contribution in [2.24, 2.45) is 0 Å². The first-order valence-electron chi connectivity index (χ1n) is 2.77. The van der Waals surface area contributed by atoms with Crippen molar-refractivity contribution in [3.05, 3.63) is 30.3 Å². The summed E-state index contributed by atoms with van der Waals surface area (Å²) in [7, 11) is 1.59. The van der Waals surface area contributed by atoms with E-state index < -0.39 is 0 Å². The number of halogens is 1. The Hall–Kier alpha value is -0.540. The summed E-state index contributed by atoms with van der Waals surface area (Å²) in [4.78, 5) is 4.68. The van der Waals surface area contributed by atoms with Gasteiger partial charge < -0.3 is 0 Å². The Morgan fingerprint density at radius 1 is 1.20 bits per heavy atom. The van der Waals surface area contributed by atoms with Crippen molar-refractivity contribution in [2.75, 3.05) is 12.6 Å². The van der Waals surface area contributed by atoms with Gasteiger partial charge in [-0.3, -0.25) is 10.3 Å². The molecule has 0 heterocycles. The van der Waals surface area contributed by atoms with Crippen LogP contribution in [0.2, 0.25) is 0 Å². The lowest BCUT2D eigenvalue weighted by atomic mass is 10.3. The SMILES string of the molecule is Br.CONc1ccccc1. The molecular formula is C7H10BrNO. The van der Waals surface area contributed by atoms with Crippen LogP contribution in [0.5, 0.6) is 0 Å². The van der Waals surface area contributed by atoms with E-state index in [-0.39, 0.29) is 17.0 Å². The van der Waals surface area contributed by atoms with Crippen LogP contribution in [-0.4, -0.2) is 7.11 Å². The first-order valence-corrected chi connectivity index (χ1v) is 2.77. The number of benzene rings is 1. The molecule has 0 aromatic heterocycles. The maximum Gasteiger partial charge on any atom is 0.0636 e. The predicted molar refractivity (Wildman–Crippen MR) is 47.4 cm³/mol. The predicted octanol–water partition coefficient (Wildman–Crippen LogP) is 2.24. The van der Waals surface area contributed by atoms with Crippen LogP contribution in [0.15, 0.2) is 30.3 Å².